The van der Waals surface area contributed by atoms with Crippen molar-refractivity contribution < 1.29 is 9.15 Å². The second-order valence-electron chi connectivity index (χ2n) is 3.66. The number of hydrogen-bond acceptors (Lipinski definition) is 7. The number of anilines is 2. The molecule has 7 heteroatoms. The number of furan rings is 1. The highest BCUT2D eigenvalue weighted by Gasteiger charge is 2.15. The zero-order chi connectivity index (χ0) is 13.0. The van der Waals surface area contributed by atoms with E-state index in [2.05, 4.69) is 15.4 Å². The highest BCUT2D eigenvalue weighted by atomic mass is 16.5. The van der Waals surface area contributed by atoms with Crippen LogP contribution in [0.1, 0.15) is 5.76 Å². The minimum absolute atomic E-state index is 0.439. The van der Waals surface area contributed by atoms with Gasteiger partial charge in [-0.3, -0.25) is 0 Å². The van der Waals surface area contributed by atoms with E-state index in [-0.39, 0.29) is 0 Å². The highest BCUT2D eigenvalue weighted by Crippen LogP contribution is 2.31. The fourth-order valence-corrected chi connectivity index (χ4v) is 1.64. The van der Waals surface area contributed by atoms with E-state index >= 15 is 0 Å². The number of nitrogens with one attached hydrogen (secondary N) is 1. The minimum Gasteiger partial charge on any atom is -0.490 e. The summed E-state index contributed by atoms with van der Waals surface area (Å²) in [7, 11) is 3.43. The first-order chi connectivity index (χ1) is 8.76. The summed E-state index contributed by atoms with van der Waals surface area (Å²) < 4.78 is 10.6. The Morgan fingerprint density at radius 2 is 2.33 bits per heavy atom. The zero-order valence-corrected chi connectivity index (χ0v) is 10.3. The number of hydrazine groups is 1. The molecule has 0 saturated carbocycles. The Morgan fingerprint density at radius 1 is 1.50 bits per heavy atom. The Hall–Kier alpha value is -2.28. The lowest BCUT2D eigenvalue weighted by Crippen LogP contribution is -2.20. The lowest BCUT2D eigenvalue weighted by Gasteiger charge is -2.20. The van der Waals surface area contributed by atoms with Gasteiger partial charge < -0.3 is 19.5 Å². The van der Waals surface area contributed by atoms with Crippen molar-refractivity contribution in [3.8, 4) is 5.75 Å². The third-order valence-electron chi connectivity index (χ3n) is 2.46. The normalized spacial score (nSPS) is 10.2. The van der Waals surface area contributed by atoms with Crippen LogP contribution >= 0.6 is 0 Å². The van der Waals surface area contributed by atoms with Gasteiger partial charge in [0, 0.05) is 7.05 Å². The molecule has 0 saturated heterocycles. The molecule has 0 aliphatic heterocycles. The lowest BCUT2D eigenvalue weighted by molar-refractivity contribution is 0.412. The van der Waals surface area contributed by atoms with Crippen molar-refractivity contribution in [3.63, 3.8) is 0 Å². The molecular formula is C11H15N5O2. The van der Waals surface area contributed by atoms with Crippen molar-refractivity contribution in [2.24, 2.45) is 5.84 Å². The summed E-state index contributed by atoms with van der Waals surface area (Å²) in [5, 5.41) is 0. The number of rotatable bonds is 5. The van der Waals surface area contributed by atoms with Gasteiger partial charge >= 0.3 is 0 Å². The molecule has 7 nitrogen and oxygen atoms in total. The van der Waals surface area contributed by atoms with E-state index < -0.39 is 0 Å². The fourth-order valence-electron chi connectivity index (χ4n) is 1.64. The number of methoxy groups -OCH3 is 1. The van der Waals surface area contributed by atoms with Crippen molar-refractivity contribution in [2.75, 3.05) is 24.5 Å². The van der Waals surface area contributed by atoms with E-state index in [1.165, 1.54) is 6.33 Å². The molecule has 96 valence electrons. The smallest absolute Gasteiger partial charge is 0.205 e. The van der Waals surface area contributed by atoms with Gasteiger partial charge in [0.2, 0.25) is 5.75 Å². The third kappa shape index (κ3) is 2.35. The maximum Gasteiger partial charge on any atom is 0.205 e. The number of nitrogen functional groups attached to an aromatic ring is 1. The molecule has 0 bridgehead atoms. The van der Waals surface area contributed by atoms with Crippen molar-refractivity contribution in [2.45, 2.75) is 6.54 Å². The van der Waals surface area contributed by atoms with Crippen LogP contribution in [-0.2, 0) is 6.54 Å². The molecule has 3 N–H and O–H groups in total. The quantitative estimate of drug-likeness (QED) is 0.603. The van der Waals surface area contributed by atoms with Crippen LogP contribution in [0, 0.1) is 0 Å². The molecular weight excluding hydrogens is 234 g/mol. The van der Waals surface area contributed by atoms with E-state index in [1.807, 2.05) is 24.1 Å². The molecule has 2 aromatic rings. The van der Waals surface area contributed by atoms with Gasteiger partial charge in [-0.2, -0.15) is 0 Å². The second kappa shape index (κ2) is 5.37. The summed E-state index contributed by atoms with van der Waals surface area (Å²) in [4.78, 5) is 10.1. The molecule has 18 heavy (non-hydrogen) atoms. The Kier molecular flexibility index (Phi) is 3.63. The molecule has 0 atom stereocenters. The van der Waals surface area contributed by atoms with E-state index in [4.69, 9.17) is 15.0 Å². The molecule has 0 amide bonds. The first kappa shape index (κ1) is 12.2. The van der Waals surface area contributed by atoms with Crippen molar-refractivity contribution in [1.29, 1.82) is 0 Å². The Labute approximate surface area is 105 Å². The summed E-state index contributed by atoms with van der Waals surface area (Å²) in [6, 6.07) is 3.74. The number of ether oxygens (including phenoxy) is 1. The van der Waals surface area contributed by atoms with Crippen LogP contribution in [0.15, 0.2) is 29.1 Å². The Balaban J connectivity index is 2.26. The summed E-state index contributed by atoms with van der Waals surface area (Å²) in [5.74, 6) is 7.78. The molecule has 2 aromatic heterocycles. The van der Waals surface area contributed by atoms with Gasteiger partial charge in [0.15, 0.2) is 11.6 Å². The molecule has 0 radical (unpaired) electrons. The van der Waals surface area contributed by atoms with Crippen LogP contribution in [0.2, 0.25) is 0 Å². The minimum atomic E-state index is 0.439. The van der Waals surface area contributed by atoms with Crippen LogP contribution in [0.5, 0.6) is 5.75 Å². The van der Waals surface area contributed by atoms with Crippen LogP contribution in [0.4, 0.5) is 11.6 Å². The predicted molar refractivity (Wildman–Crippen MR) is 67.2 cm³/mol. The molecule has 2 rings (SSSR count). The van der Waals surface area contributed by atoms with Crippen molar-refractivity contribution >= 4 is 11.6 Å². The van der Waals surface area contributed by atoms with Gasteiger partial charge in [0.25, 0.3) is 0 Å². The van der Waals surface area contributed by atoms with Gasteiger partial charge in [-0.25, -0.2) is 15.8 Å². The van der Waals surface area contributed by atoms with Crippen molar-refractivity contribution in [1.82, 2.24) is 9.97 Å². The van der Waals surface area contributed by atoms with Crippen LogP contribution in [-0.4, -0.2) is 24.1 Å². The SMILES string of the molecule is COc1c(NN)ncnc1N(C)Cc1ccco1. The van der Waals surface area contributed by atoms with E-state index in [0.717, 1.165) is 5.76 Å². The van der Waals surface area contributed by atoms with Gasteiger partial charge in [-0.15, -0.1) is 0 Å². The Bertz CT molecular complexity index is 500. The first-order valence-electron chi connectivity index (χ1n) is 5.35. The van der Waals surface area contributed by atoms with Gasteiger partial charge in [0.05, 0.1) is 19.9 Å². The van der Waals surface area contributed by atoms with Crippen LogP contribution in [0.25, 0.3) is 0 Å². The monoisotopic (exact) mass is 249 g/mol. The predicted octanol–water partition coefficient (Wildman–Crippen LogP) is 1.00. The molecule has 0 aromatic carbocycles. The third-order valence-corrected chi connectivity index (χ3v) is 2.46. The van der Waals surface area contributed by atoms with E-state index in [1.54, 1.807) is 13.4 Å². The lowest BCUT2D eigenvalue weighted by atomic mass is 10.4. The number of hydrogen-bond donors (Lipinski definition) is 2. The summed E-state index contributed by atoms with van der Waals surface area (Å²) in [6.07, 6.45) is 3.05. The molecule has 0 aliphatic rings. The van der Waals surface area contributed by atoms with E-state index in [9.17, 15) is 0 Å². The number of nitrogens with two attached hydrogens (primary N) is 1. The van der Waals surface area contributed by atoms with Crippen LogP contribution in [0.3, 0.4) is 0 Å². The number of nitrogens with zero attached hydrogens (tertiary/aromatic N) is 3. The topological polar surface area (TPSA) is 89.4 Å². The zero-order valence-electron chi connectivity index (χ0n) is 10.3. The number of aromatic nitrogens is 2. The maximum atomic E-state index is 5.37. The summed E-state index contributed by atoms with van der Waals surface area (Å²) in [6.45, 7) is 0.574. The first-order valence-corrected chi connectivity index (χ1v) is 5.35. The average Bonchev–Trinajstić information content (AvgIpc) is 2.90. The van der Waals surface area contributed by atoms with Gasteiger partial charge in [-0.05, 0) is 12.1 Å². The second-order valence-corrected chi connectivity index (χ2v) is 3.66. The standard InChI is InChI=1S/C11H15N5O2/c1-16(6-8-4-3-5-18-8)11-9(17-2)10(15-12)13-7-14-11/h3-5,7H,6,12H2,1-2H3,(H,13,14,15). The fraction of sp³-hybridized carbons (Fsp3) is 0.273. The van der Waals surface area contributed by atoms with E-state index in [0.29, 0.717) is 23.9 Å². The molecule has 0 spiro atoms. The van der Waals surface area contributed by atoms with Crippen LogP contribution < -0.4 is 20.9 Å². The summed E-state index contributed by atoms with van der Waals surface area (Å²) in [5.41, 5.74) is 2.47. The largest absolute Gasteiger partial charge is 0.490 e. The molecule has 0 unspecified atom stereocenters. The molecule has 0 aliphatic carbocycles. The summed E-state index contributed by atoms with van der Waals surface area (Å²) >= 11 is 0. The van der Waals surface area contributed by atoms with Gasteiger partial charge in [-0.1, -0.05) is 0 Å². The average molecular weight is 249 g/mol. The maximum absolute atomic E-state index is 5.37. The Morgan fingerprint density at radius 3 is 2.94 bits per heavy atom. The molecule has 0 fully saturated rings. The van der Waals surface area contributed by atoms with Crippen molar-refractivity contribution in [3.05, 3.63) is 30.5 Å². The van der Waals surface area contributed by atoms with Gasteiger partial charge in [0.1, 0.15) is 12.1 Å². The molecule has 2 heterocycles. The highest BCUT2D eigenvalue weighted by molar-refractivity contribution is 5.63.